The van der Waals surface area contributed by atoms with E-state index in [1.165, 1.54) is 4.88 Å². The van der Waals surface area contributed by atoms with Crippen LogP contribution in [0.4, 0.5) is 5.95 Å². The van der Waals surface area contributed by atoms with Crippen LogP contribution in [-0.4, -0.2) is 14.6 Å². The third kappa shape index (κ3) is 1.37. The molecule has 0 aromatic carbocycles. The van der Waals surface area contributed by atoms with E-state index in [4.69, 9.17) is 5.73 Å². The Morgan fingerprint density at radius 3 is 3.07 bits per heavy atom. The zero-order chi connectivity index (χ0) is 10.3. The van der Waals surface area contributed by atoms with Gasteiger partial charge in [0.25, 0.3) is 0 Å². The van der Waals surface area contributed by atoms with Crippen molar-refractivity contribution in [3.05, 3.63) is 35.8 Å². The lowest BCUT2D eigenvalue weighted by molar-refractivity contribution is 0.969. The van der Waals surface area contributed by atoms with Crippen LogP contribution < -0.4 is 5.73 Å². The summed E-state index contributed by atoms with van der Waals surface area (Å²) in [5, 5.41) is 6.08. The van der Waals surface area contributed by atoms with Crippen molar-refractivity contribution in [2.24, 2.45) is 0 Å². The summed E-state index contributed by atoms with van der Waals surface area (Å²) >= 11 is 1.70. The topological polar surface area (TPSA) is 56.2 Å². The monoisotopic (exact) mass is 216 g/mol. The number of fused-ring (bicyclic) bond motifs is 1. The molecule has 0 saturated carbocycles. The number of hydrogen-bond donors (Lipinski definition) is 1. The van der Waals surface area contributed by atoms with Crippen molar-refractivity contribution in [3.8, 4) is 10.4 Å². The normalized spacial score (nSPS) is 10.9. The molecule has 3 aromatic heterocycles. The van der Waals surface area contributed by atoms with E-state index < -0.39 is 0 Å². The van der Waals surface area contributed by atoms with E-state index >= 15 is 0 Å². The van der Waals surface area contributed by atoms with Crippen LogP contribution in [0.15, 0.2) is 35.8 Å². The summed E-state index contributed by atoms with van der Waals surface area (Å²) in [6.07, 6.45) is 1.87. The third-order valence-corrected chi connectivity index (χ3v) is 3.08. The van der Waals surface area contributed by atoms with Gasteiger partial charge >= 0.3 is 0 Å². The van der Waals surface area contributed by atoms with Crippen molar-refractivity contribution < 1.29 is 0 Å². The molecule has 2 N–H and O–H groups in total. The van der Waals surface area contributed by atoms with Crippen LogP contribution in [0.5, 0.6) is 0 Å². The van der Waals surface area contributed by atoms with Crippen LogP contribution in [0.3, 0.4) is 0 Å². The van der Waals surface area contributed by atoms with Crippen LogP contribution in [-0.2, 0) is 0 Å². The van der Waals surface area contributed by atoms with Crippen LogP contribution in [0, 0.1) is 0 Å². The zero-order valence-corrected chi connectivity index (χ0v) is 8.61. The van der Waals surface area contributed by atoms with Crippen molar-refractivity contribution >= 4 is 22.9 Å². The summed E-state index contributed by atoms with van der Waals surface area (Å²) in [6.45, 7) is 0. The molecule has 3 rings (SSSR count). The average molecular weight is 216 g/mol. The summed E-state index contributed by atoms with van der Waals surface area (Å²) in [5.41, 5.74) is 7.44. The fourth-order valence-corrected chi connectivity index (χ4v) is 2.22. The molecule has 5 heteroatoms. The summed E-state index contributed by atoms with van der Waals surface area (Å²) in [5.74, 6) is 0.304. The minimum absolute atomic E-state index is 0.304. The van der Waals surface area contributed by atoms with E-state index in [0.717, 1.165) is 11.2 Å². The van der Waals surface area contributed by atoms with E-state index in [-0.39, 0.29) is 0 Å². The number of thiophene rings is 1. The highest BCUT2D eigenvalue weighted by molar-refractivity contribution is 7.13. The van der Waals surface area contributed by atoms with Crippen molar-refractivity contribution in [3.63, 3.8) is 0 Å². The maximum atomic E-state index is 5.52. The Morgan fingerprint density at radius 2 is 2.27 bits per heavy atom. The minimum atomic E-state index is 0.304. The smallest absolute Gasteiger partial charge is 0.240 e. The number of nitrogens with zero attached hydrogens (tertiary/aromatic N) is 3. The maximum absolute atomic E-state index is 5.52. The van der Waals surface area contributed by atoms with Gasteiger partial charge in [0.05, 0.1) is 0 Å². The fourth-order valence-electron chi connectivity index (χ4n) is 1.49. The highest BCUT2D eigenvalue weighted by Gasteiger charge is 2.03. The van der Waals surface area contributed by atoms with Gasteiger partial charge in [-0.05, 0) is 29.1 Å². The van der Waals surface area contributed by atoms with Crippen LogP contribution in [0.2, 0.25) is 0 Å². The minimum Gasteiger partial charge on any atom is -0.366 e. The van der Waals surface area contributed by atoms with Gasteiger partial charge < -0.3 is 5.73 Å². The summed E-state index contributed by atoms with van der Waals surface area (Å²) < 4.78 is 1.67. The molecule has 0 saturated heterocycles. The Hall–Kier alpha value is -1.88. The highest BCUT2D eigenvalue weighted by atomic mass is 32.1. The molecule has 0 radical (unpaired) electrons. The molecule has 0 atom stereocenters. The Balaban J connectivity index is 2.21. The third-order valence-electron chi connectivity index (χ3n) is 2.16. The number of nitrogens with two attached hydrogens (primary N) is 1. The molecule has 0 unspecified atom stereocenters. The second-order valence-corrected chi connectivity index (χ2v) is 4.11. The first-order chi connectivity index (χ1) is 7.33. The number of anilines is 1. The molecule has 15 heavy (non-hydrogen) atoms. The molecule has 0 aliphatic heterocycles. The lowest BCUT2D eigenvalue weighted by Gasteiger charge is -1.96. The second-order valence-electron chi connectivity index (χ2n) is 3.17. The van der Waals surface area contributed by atoms with Crippen molar-refractivity contribution in [1.29, 1.82) is 0 Å². The first-order valence-corrected chi connectivity index (χ1v) is 5.37. The molecule has 3 heterocycles. The highest BCUT2D eigenvalue weighted by Crippen LogP contribution is 2.25. The van der Waals surface area contributed by atoms with E-state index in [0.29, 0.717) is 5.95 Å². The molecule has 0 bridgehead atoms. The van der Waals surface area contributed by atoms with Gasteiger partial charge in [0.2, 0.25) is 5.95 Å². The zero-order valence-electron chi connectivity index (χ0n) is 7.79. The van der Waals surface area contributed by atoms with E-state index in [9.17, 15) is 0 Å². The second kappa shape index (κ2) is 3.06. The van der Waals surface area contributed by atoms with Gasteiger partial charge in [0.15, 0.2) is 5.65 Å². The Bertz CT molecular complexity index is 597. The van der Waals surface area contributed by atoms with Gasteiger partial charge in [-0.25, -0.2) is 4.52 Å². The van der Waals surface area contributed by atoms with E-state index in [1.54, 1.807) is 15.9 Å². The summed E-state index contributed by atoms with van der Waals surface area (Å²) in [6, 6.07) is 8.10. The molecule has 0 amide bonds. The average Bonchev–Trinajstić information content (AvgIpc) is 2.82. The first kappa shape index (κ1) is 8.43. The SMILES string of the molecule is Nc1nc2cc(-c3cccs3)ccn2n1. The molecular formula is C10H8N4S. The number of hydrogen-bond acceptors (Lipinski definition) is 4. The first-order valence-electron chi connectivity index (χ1n) is 4.49. The van der Waals surface area contributed by atoms with Gasteiger partial charge in [-0.2, -0.15) is 4.98 Å². The van der Waals surface area contributed by atoms with Crippen molar-refractivity contribution in [2.45, 2.75) is 0 Å². The summed E-state index contributed by atoms with van der Waals surface area (Å²) in [4.78, 5) is 5.34. The van der Waals surface area contributed by atoms with Crippen LogP contribution in [0.1, 0.15) is 0 Å². The lowest BCUT2D eigenvalue weighted by atomic mass is 10.2. The van der Waals surface area contributed by atoms with Crippen LogP contribution in [0.25, 0.3) is 16.1 Å². The molecule has 0 spiro atoms. The fraction of sp³-hybridized carbons (Fsp3) is 0. The number of aromatic nitrogens is 3. The molecular weight excluding hydrogens is 208 g/mol. The maximum Gasteiger partial charge on any atom is 0.240 e. The number of pyridine rings is 1. The molecule has 0 fully saturated rings. The van der Waals surface area contributed by atoms with Gasteiger partial charge in [0, 0.05) is 11.1 Å². The molecule has 3 aromatic rings. The Kier molecular flexibility index (Phi) is 1.72. The van der Waals surface area contributed by atoms with E-state index in [2.05, 4.69) is 21.5 Å². The summed E-state index contributed by atoms with van der Waals surface area (Å²) in [7, 11) is 0. The Morgan fingerprint density at radius 1 is 1.33 bits per heavy atom. The predicted octanol–water partition coefficient (Wildman–Crippen LogP) is 2.04. The quantitative estimate of drug-likeness (QED) is 0.677. The Labute approximate surface area is 90.0 Å². The lowest BCUT2D eigenvalue weighted by Crippen LogP contribution is -1.88. The molecule has 0 aliphatic carbocycles. The van der Waals surface area contributed by atoms with Crippen molar-refractivity contribution in [2.75, 3.05) is 5.73 Å². The van der Waals surface area contributed by atoms with E-state index in [1.807, 2.05) is 24.4 Å². The molecule has 4 nitrogen and oxygen atoms in total. The van der Waals surface area contributed by atoms with Crippen molar-refractivity contribution in [1.82, 2.24) is 14.6 Å². The predicted molar refractivity (Wildman–Crippen MR) is 60.7 cm³/mol. The van der Waals surface area contributed by atoms with Gasteiger partial charge in [-0.3, -0.25) is 0 Å². The molecule has 74 valence electrons. The number of rotatable bonds is 1. The standard InChI is InChI=1S/C10H8N4S/c11-10-12-9-6-7(3-4-14(9)13-10)8-2-1-5-15-8/h1-6H,(H2,11,13). The van der Waals surface area contributed by atoms with Gasteiger partial charge in [0.1, 0.15) is 0 Å². The van der Waals surface area contributed by atoms with Gasteiger partial charge in [-0.15, -0.1) is 16.4 Å². The van der Waals surface area contributed by atoms with Crippen LogP contribution >= 0.6 is 11.3 Å². The largest absolute Gasteiger partial charge is 0.366 e. The number of nitrogen functional groups attached to an aromatic ring is 1. The van der Waals surface area contributed by atoms with Gasteiger partial charge in [-0.1, -0.05) is 6.07 Å². The molecule has 0 aliphatic rings.